The zero-order chi connectivity index (χ0) is 25.3. The molecule has 0 amide bonds. The van der Waals surface area contributed by atoms with Crippen molar-refractivity contribution in [3.63, 3.8) is 0 Å². The Kier molecular flexibility index (Phi) is 17.9. The maximum atomic E-state index is 12.8. The third-order valence-corrected chi connectivity index (χ3v) is 5.26. The van der Waals surface area contributed by atoms with E-state index in [2.05, 4.69) is 60.9 Å². The topological polar surface area (TPSA) is 96.6 Å². The summed E-state index contributed by atoms with van der Waals surface area (Å²) in [6, 6.07) is 17.3. The molecule has 2 aromatic carbocycles. The Morgan fingerprint density at radius 2 is 1.89 bits per heavy atom. The van der Waals surface area contributed by atoms with Crippen LogP contribution in [0.2, 0.25) is 0 Å². The van der Waals surface area contributed by atoms with E-state index in [4.69, 9.17) is 17.3 Å². The first-order valence-corrected chi connectivity index (χ1v) is 11.4. The Bertz CT molecular complexity index is 875. The summed E-state index contributed by atoms with van der Waals surface area (Å²) < 4.78 is 12.8. The average molecular weight is 491 g/mol. The molecule has 1 fully saturated rings. The van der Waals surface area contributed by atoms with Crippen molar-refractivity contribution in [3.8, 4) is 0 Å². The van der Waals surface area contributed by atoms with Gasteiger partial charge in [0.25, 0.3) is 0 Å². The molecule has 0 radical (unpaired) electrons. The fourth-order valence-electron chi connectivity index (χ4n) is 3.42. The Hall–Kier alpha value is -2.13. The fraction of sp³-hybridized carbons (Fsp3) is 0.333. The summed E-state index contributed by atoms with van der Waals surface area (Å²) in [5, 5.41) is 4.82. The Morgan fingerprint density at radius 1 is 1.26 bits per heavy atom. The number of hydrazine groups is 1. The van der Waals surface area contributed by atoms with E-state index in [1.54, 1.807) is 31.2 Å². The SMILES string of the molecule is C=C(NCc1ccccc1)C1CCCN1C.C=CCN(N)C=[C-]N.CC(N)c1ccccc1F.[Na+]. The molecule has 1 aliphatic rings. The van der Waals surface area contributed by atoms with Crippen LogP contribution in [-0.4, -0.2) is 36.1 Å². The minimum Gasteiger partial charge on any atom is -0.579 e. The molecule has 8 heteroatoms. The number of rotatable bonds is 8. The van der Waals surface area contributed by atoms with Crippen LogP contribution in [-0.2, 0) is 6.54 Å². The molecule has 1 aliphatic heterocycles. The predicted octanol–water partition coefficient (Wildman–Crippen LogP) is 0.815. The van der Waals surface area contributed by atoms with Crippen molar-refractivity contribution < 1.29 is 33.9 Å². The number of halogens is 1. The third kappa shape index (κ3) is 13.5. The van der Waals surface area contributed by atoms with Gasteiger partial charge in [0, 0.05) is 36.4 Å². The maximum absolute atomic E-state index is 12.8. The van der Waals surface area contributed by atoms with Gasteiger partial charge < -0.3 is 28.0 Å². The Balaban J connectivity index is 0.000000528. The molecule has 6 nitrogen and oxygen atoms in total. The van der Waals surface area contributed by atoms with Gasteiger partial charge in [-0.25, -0.2) is 4.39 Å². The zero-order valence-electron chi connectivity index (χ0n) is 21.5. The van der Waals surface area contributed by atoms with Crippen LogP contribution < -0.4 is 52.2 Å². The van der Waals surface area contributed by atoms with Gasteiger partial charge in [-0.1, -0.05) is 61.2 Å². The molecule has 0 aliphatic carbocycles. The summed E-state index contributed by atoms with van der Waals surface area (Å²) in [5.41, 5.74) is 13.4. The van der Waals surface area contributed by atoms with Gasteiger partial charge in [-0.3, -0.25) is 10.7 Å². The first kappa shape index (κ1) is 32.9. The summed E-state index contributed by atoms with van der Waals surface area (Å²) in [6.45, 7) is 12.0. The third-order valence-electron chi connectivity index (χ3n) is 5.26. The Morgan fingerprint density at radius 3 is 2.37 bits per heavy atom. The van der Waals surface area contributed by atoms with Gasteiger partial charge in [0.2, 0.25) is 0 Å². The second-order valence-electron chi connectivity index (χ2n) is 8.09. The van der Waals surface area contributed by atoms with Crippen LogP contribution in [0.3, 0.4) is 0 Å². The van der Waals surface area contributed by atoms with Crippen molar-refractivity contribution in [1.29, 1.82) is 0 Å². The molecular formula is C27H40FN6Na. The van der Waals surface area contributed by atoms with Crippen LogP contribution in [0.5, 0.6) is 0 Å². The van der Waals surface area contributed by atoms with Crippen molar-refractivity contribution in [3.05, 3.63) is 109 Å². The number of hydrogen-bond acceptors (Lipinski definition) is 6. The van der Waals surface area contributed by atoms with E-state index in [9.17, 15) is 4.39 Å². The second-order valence-corrected chi connectivity index (χ2v) is 8.09. The number of likely N-dealkylation sites (N-methyl/N-ethyl adjacent to an activating group) is 1. The summed E-state index contributed by atoms with van der Waals surface area (Å²) in [4.78, 5) is 2.38. The van der Waals surface area contributed by atoms with Crippen LogP contribution in [0.25, 0.3) is 0 Å². The van der Waals surface area contributed by atoms with Crippen LogP contribution in [0.1, 0.15) is 36.9 Å². The Labute approximate surface area is 233 Å². The van der Waals surface area contributed by atoms with E-state index in [0.717, 1.165) is 12.2 Å². The van der Waals surface area contributed by atoms with E-state index in [-0.39, 0.29) is 41.4 Å². The summed E-state index contributed by atoms with van der Waals surface area (Å²) in [5.74, 6) is 5.03. The molecule has 0 spiro atoms. The smallest absolute Gasteiger partial charge is 0.579 e. The number of hydrogen-bond donors (Lipinski definition) is 4. The van der Waals surface area contributed by atoms with E-state index in [1.807, 2.05) is 6.07 Å². The van der Waals surface area contributed by atoms with Crippen LogP contribution >= 0.6 is 0 Å². The van der Waals surface area contributed by atoms with E-state index < -0.39 is 0 Å². The molecular weight excluding hydrogens is 450 g/mol. The molecule has 7 N–H and O–H groups in total. The van der Waals surface area contributed by atoms with Gasteiger partial charge in [0.15, 0.2) is 0 Å². The minimum absolute atomic E-state index is 0. The second kappa shape index (κ2) is 19.1. The average Bonchev–Trinajstić information content (AvgIpc) is 3.25. The van der Waals surface area contributed by atoms with E-state index in [1.165, 1.54) is 42.2 Å². The summed E-state index contributed by atoms with van der Waals surface area (Å²) in [7, 11) is 2.17. The molecule has 0 saturated carbocycles. The summed E-state index contributed by atoms with van der Waals surface area (Å²) >= 11 is 0. The normalized spacial score (nSPS) is 15.5. The van der Waals surface area contributed by atoms with E-state index in [0.29, 0.717) is 18.2 Å². The molecule has 3 rings (SSSR count). The molecule has 2 unspecified atom stereocenters. The van der Waals surface area contributed by atoms with Gasteiger partial charge in [0.05, 0.1) is 0 Å². The zero-order valence-corrected chi connectivity index (χ0v) is 23.5. The van der Waals surface area contributed by atoms with Crippen molar-refractivity contribution in [2.45, 2.75) is 38.4 Å². The molecule has 2 aromatic rings. The van der Waals surface area contributed by atoms with Crippen molar-refractivity contribution in [2.75, 3.05) is 20.1 Å². The van der Waals surface area contributed by atoms with Crippen LogP contribution in [0, 0.1) is 12.0 Å². The van der Waals surface area contributed by atoms with Crippen LogP contribution in [0.4, 0.5) is 4.39 Å². The van der Waals surface area contributed by atoms with Gasteiger partial charge in [-0.15, -0.1) is 12.8 Å². The van der Waals surface area contributed by atoms with Crippen LogP contribution in [0.15, 0.2) is 85.7 Å². The maximum Gasteiger partial charge on any atom is 1.00 e. The largest absolute Gasteiger partial charge is 1.00 e. The number of nitrogens with two attached hydrogens (primary N) is 3. The molecule has 0 bridgehead atoms. The molecule has 0 aromatic heterocycles. The van der Waals surface area contributed by atoms with Crippen molar-refractivity contribution in [1.82, 2.24) is 15.2 Å². The van der Waals surface area contributed by atoms with Crippen molar-refractivity contribution in [2.24, 2.45) is 17.3 Å². The standard InChI is InChI=1S/C14H20N2.C8H10FN.C5H10N3.Na/c1-12(14-9-6-10-16(14)2)15-11-13-7-4-3-5-8-13;1-6(10)7-4-2-3-5-8(7)9;1-2-4-8(7)5-3-6;/h3-5,7-8,14-15H,1,6,9-11H2,2H3;2-6H,10H2,1H3;2,5H,1,4,6-7H2;/q;;-1;+1. The minimum atomic E-state index is -0.225. The molecule has 1 saturated heterocycles. The summed E-state index contributed by atoms with van der Waals surface area (Å²) in [6.07, 6.45) is 7.92. The fourth-order valence-corrected chi connectivity index (χ4v) is 3.42. The number of nitrogens with one attached hydrogen (secondary N) is 1. The van der Waals surface area contributed by atoms with Gasteiger partial charge in [-0.05, 0) is 45.0 Å². The number of likely N-dealkylation sites (tertiary alicyclic amines) is 1. The number of nitrogens with zero attached hydrogens (tertiary/aromatic N) is 2. The molecule has 186 valence electrons. The number of benzene rings is 2. The first-order chi connectivity index (χ1) is 16.3. The molecule has 1 heterocycles. The molecule has 2 atom stereocenters. The monoisotopic (exact) mass is 490 g/mol. The van der Waals surface area contributed by atoms with Gasteiger partial charge >= 0.3 is 29.6 Å². The van der Waals surface area contributed by atoms with Crippen molar-refractivity contribution >= 4 is 0 Å². The molecule has 35 heavy (non-hydrogen) atoms. The van der Waals surface area contributed by atoms with Gasteiger partial charge in [-0.2, -0.15) is 0 Å². The van der Waals surface area contributed by atoms with Gasteiger partial charge in [0.1, 0.15) is 5.82 Å². The predicted molar refractivity (Wildman–Crippen MR) is 140 cm³/mol. The van der Waals surface area contributed by atoms with E-state index >= 15 is 0 Å². The first-order valence-electron chi connectivity index (χ1n) is 11.4. The quantitative estimate of drug-likeness (QED) is 0.109.